The molecule has 5 rings (SSSR count). The fourth-order valence-electron chi connectivity index (χ4n) is 4.53. The van der Waals surface area contributed by atoms with E-state index in [-0.39, 0.29) is 24.3 Å². The number of carbonyl (C=O) groups excluding carboxylic acids is 2. The van der Waals surface area contributed by atoms with Gasteiger partial charge in [-0.1, -0.05) is 44.2 Å². The van der Waals surface area contributed by atoms with Crippen LogP contribution in [0.25, 0.3) is 10.9 Å². The lowest BCUT2D eigenvalue weighted by molar-refractivity contribution is -0.139. The lowest BCUT2D eigenvalue weighted by atomic mass is 9.83. The van der Waals surface area contributed by atoms with Crippen molar-refractivity contribution in [3.8, 4) is 0 Å². The number of aromatic amines is 1. The van der Waals surface area contributed by atoms with E-state index in [9.17, 15) is 9.59 Å². The fourth-order valence-corrected chi connectivity index (χ4v) is 4.53. The molecule has 0 aliphatic carbocycles. The summed E-state index contributed by atoms with van der Waals surface area (Å²) in [5, 5.41) is 4.56. The Balaban J connectivity index is 1.74. The summed E-state index contributed by atoms with van der Waals surface area (Å²) in [6.45, 7) is 6.07. The van der Waals surface area contributed by atoms with Crippen molar-refractivity contribution in [2.45, 2.75) is 32.6 Å². The van der Waals surface area contributed by atoms with Crippen LogP contribution in [0.15, 0.2) is 59.9 Å². The topological polar surface area (TPSA) is 65.2 Å². The molecule has 0 saturated carbocycles. The van der Waals surface area contributed by atoms with Gasteiger partial charge in [0, 0.05) is 41.3 Å². The summed E-state index contributed by atoms with van der Waals surface area (Å²) in [6, 6.07) is 14.6. The summed E-state index contributed by atoms with van der Waals surface area (Å²) in [4.78, 5) is 30.0. The Hall–Kier alpha value is -3.34. The van der Waals surface area contributed by atoms with Crippen molar-refractivity contribution in [3.63, 3.8) is 0 Å². The molecule has 0 saturated heterocycles. The van der Waals surface area contributed by atoms with Gasteiger partial charge in [-0.05, 0) is 34.7 Å². The number of H-pyrrole nitrogens is 1. The molecular weight excluding hydrogens is 362 g/mol. The van der Waals surface area contributed by atoms with Crippen LogP contribution in [0.3, 0.4) is 0 Å². The van der Waals surface area contributed by atoms with E-state index in [1.54, 1.807) is 0 Å². The quantitative estimate of drug-likeness (QED) is 0.683. The number of hydrogen-bond acceptors (Lipinski definition) is 3. The summed E-state index contributed by atoms with van der Waals surface area (Å²) in [6.07, 6.45) is 2.00. The highest BCUT2D eigenvalue weighted by Crippen LogP contribution is 2.45. The third-order valence-corrected chi connectivity index (χ3v) is 6.06. The molecule has 0 spiro atoms. The second-order valence-corrected chi connectivity index (χ2v) is 8.15. The van der Waals surface area contributed by atoms with Gasteiger partial charge in [0.05, 0.1) is 12.1 Å². The van der Waals surface area contributed by atoms with E-state index >= 15 is 0 Å². The van der Waals surface area contributed by atoms with Crippen LogP contribution in [0.1, 0.15) is 49.3 Å². The third kappa shape index (κ3) is 2.61. The van der Waals surface area contributed by atoms with Crippen molar-refractivity contribution in [3.05, 3.63) is 76.6 Å². The monoisotopic (exact) mass is 385 g/mol. The van der Waals surface area contributed by atoms with Crippen molar-refractivity contribution in [1.29, 1.82) is 0 Å². The maximum atomic E-state index is 13.3. The van der Waals surface area contributed by atoms with Gasteiger partial charge >= 0.3 is 0 Å². The summed E-state index contributed by atoms with van der Waals surface area (Å²) in [5.74, 6) is -0.227. The number of rotatable bonds is 2. The van der Waals surface area contributed by atoms with Crippen molar-refractivity contribution < 1.29 is 9.59 Å². The van der Waals surface area contributed by atoms with Gasteiger partial charge in [0.1, 0.15) is 0 Å². The van der Waals surface area contributed by atoms with Gasteiger partial charge in [0.15, 0.2) is 0 Å². The van der Waals surface area contributed by atoms with E-state index in [4.69, 9.17) is 0 Å². The molecule has 2 aromatic carbocycles. The summed E-state index contributed by atoms with van der Waals surface area (Å²) in [7, 11) is 0. The Morgan fingerprint density at radius 1 is 1.14 bits per heavy atom. The zero-order valence-corrected chi connectivity index (χ0v) is 16.7. The molecule has 1 unspecified atom stereocenters. The van der Waals surface area contributed by atoms with Crippen LogP contribution >= 0.6 is 0 Å². The van der Waals surface area contributed by atoms with Gasteiger partial charge in [-0.3, -0.25) is 14.5 Å². The molecule has 146 valence electrons. The molecule has 2 aliphatic heterocycles. The summed E-state index contributed by atoms with van der Waals surface area (Å²) < 4.78 is 0. The minimum Gasteiger partial charge on any atom is -0.361 e. The van der Waals surface area contributed by atoms with E-state index in [1.165, 1.54) is 17.4 Å². The van der Waals surface area contributed by atoms with E-state index in [0.717, 1.165) is 33.4 Å². The van der Waals surface area contributed by atoms with Crippen molar-refractivity contribution >= 4 is 28.4 Å². The second kappa shape index (κ2) is 6.34. The Morgan fingerprint density at radius 2 is 1.90 bits per heavy atom. The van der Waals surface area contributed by atoms with Crippen LogP contribution in [0, 0.1) is 0 Å². The number of nitrogens with one attached hydrogen (secondary N) is 2. The molecule has 0 fully saturated rings. The van der Waals surface area contributed by atoms with Crippen LogP contribution in [0.5, 0.6) is 0 Å². The molecule has 2 N–H and O–H groups in total. The highest BCUT2D eigenvalue weighted by Gasteiger charge is 2.41. The molecule has 3 aromatic rings. The molecule has 5 heteroatoms. The molecule has 0 bridgehead atoms. The lowest BCUT2D eigenvalue weighted by Gasteiger charge is -2.20. The van der Waals surface area contributed by atoms with Crippen LogP contribution in [0.2, 0.25) is 0 Å². The van der Waals surface area contributed by atoms with Crippen LogP contribution in [-0.4, -0.2) is 28.2 Å². The predicted molar refractivity (Wildman–Crippen MR) is 114 cm³/mol. The SMILES string of the molecule is CC(=O)N1CC2=C(C1=O)C(c1ccc(C(C)C)cc1)c1c[nH]c3cccc(c13)N2. The number of imide groups is 1. The Bertz CT molecular complexity index is 1180. The first-order valence-corrected chi connectivity index (χ1v) is 9.98. The molecule has 1 atom stereocenters. The number of hydrogen-bond donors (Lipinski definition) is 2. The first-order valence-electron chi connectivity index (χ1n) is 9.98. The van der Waals surface area contributed by atoms with Gasteiger partial charge < -0.3 is 10.3 Å². The molecule has 29 heavy (non-hydrogen) atoms. The van der Waals surface area contributed by atoms with Crippen LogP contribution < -0.4 is 5.32 Å². The first kappa shape index (κ1) is 17.7. The number of nitrogens with zero attached hydrogens (tertiary/aromatic N) is 1. The summed E-state index contributed by atoms with van der Waals surface area (Å²) >= 11 is 0. The second-order valence-electron chi connectivity index (χ2n) is 8.15. The zero-order chi connectivity index (χ0) is 20.3. The predicted octanol–water partition coefficient (Wildman–Crippen LogP) is 4.49. The molecule has 5 nitrogen and oxygen atoms in total. The minimum atomic E-state index is -0.230. The number of anilines is 1. The van der Waals surface area contributed by atoms with Crippen LogP contribution in [-0.2, 0) is 9.59 Å². The van der Waals surface area contributed by atoms with E-state index in [2.05, 4.69) is 48.4 Å². The molecule has 2 aliphatic rings. The maximum Gasteiger partial charge on any atom is 0.259 e. The number of amides is 2. The van der Waals surface area contributed by atoms with Gasteiger partial charge in [0.25, 0.3) is 5.91 Å². The van der Waals surface area contributed by atoms with Crippen LogP contribution in [0.4, 0.5) is 5.69 Å². The van der Waals surface area contributed by atoms with Crippen molar-refractivity contribution in [2.75, 3.05) is 11.9 Å². The Labute approximate surface area is 169 Å². The smallest absolute Gasteiger partial charge is 0.259 e. The lowest BCUT2D eigenvalue weighted by Crippen LogP contribution is -2.33. The van der Waals surface area contributed by atoms with Crippen molar-refractivity contribution in [2.24, 2.45) is 0 Å². The number of benzene rings is 2. The van der Waals surface area contributed by atoms with E-state index in [1.807, 2.05) is 24.4 Å². The zero-order valence-electron chi connectivity index (χ0n) is 16.7. The summed E-state index contributed by atoms with van der Waals surface area (Å²) in [5.41, 5.74) is 6.85. The highest BCUT2D eigenvalue weighted by molar-refractivity contribution is 6.11. The van der Waals surface area contributed by atoms with E-state index in [0.29, 0.717) is 11.5 Å². The number of carbonyl (C=O) groups is 2. The maximum absolute atomic E-state index is 13.3. The standard InChI is InChI=1S/C24H23N3O2/c1-13(2)15-7-9-16(10-8-15)21-17-11-25-18-5-4-6-19(22(17)18)26-20-12-27(14(3)28)24(29)23(20)21/h4-11,13,21,25-26H,12H2,1-3H3. The normalized spacial score (nSPS) is 18.3. The minimum absolute atomic E-state index is 0.208. The van der Waals surface area contributed by atoms with Gasteiger partial charge in [-0.15, -0.1) is 0 Å². The Kier molecular flexibility index (Phi) is 3.88. The van der Waals surface area contributed by atoms with Gasteiger partial charge in [-0.25, -0.2) is 0 Å². The van der Waals surface area contributed by atoms with Gasteiger partial charge in [-0.2, -0.15) is 0 Å². The van der Waals surface area contributed by atoms with Crippen molar-refractivity contribution in [1.82, 2.24) is 9.88 Å². The number of aromatic nitrogens is 1. The molecule has 1 aromatic heterocycles. The average molecular weight is 385 g/mol. The third-order valence-electron chi connectivity index (χ3n) is 6.06. The Morgan fingerprint density at radius 3 is 2.59 bits per heavy atom. The molecular formula is C24H23N3O2. The average Bonchev–Trinajstić information content (AvgIpc) is 3.22. The molecule has 3 heterocycles. The molecule has 0 radical (unpaired) electrons. The van der Waals surface area contributed by atoms with Gasteiger partial charge in [0.2, 0.25) is 5.91 Å². The van der Waals surface area contributed by atoms with E-state index < -0.39 is 0 Å². The highest BCUT2D eigenvalue weighted by atomic mass is 16.2. The largest absolute Gasteiger partial charge is 0.361 e. The molecule has 2 amide bonds. The fraction of sp³-hybridized carbons (Fsp3) is 0.250. The first-order chi connectivity index (χ1) is 14.0.